The SMILES string of the molecule is COc1cc2c3c(c4cc(OC)c(OC)cc4c2cc1O)C[C@H]1CCCN1C3. The highest BCUT2D eigenvalue weighted by molar-refractivity contribution is 6.12. The van der Waals surface area contributed by atoms with Crippen molar-refractivity contribution in [3.05, 3.63) is 35.4 Å². The Hall–Kier alpha value is -2.66. The van der Waals surface area contributed by atoms with Gasteiger partial charge in [-0.3, -0.25) is 4.90 Å². The first-order valence-corrected chi connectivity index (χ1v) is 9.78. The highest BCUT2D eigenvalue weighted by Crippen LogP contribution is 2.45. The minimum Gasteiger partial charge on any atom is -0.504 e. The molecular formula is C23H25NO4. The van der Waals surface area contributed by atoms with Crippen LogP contribution in [0.4, 0.5) is 0 Å². The molecule has 3 aromatic rings. The van der Waals surface area contributed by atoms with E-state index in [0.717, 1.165) is 41.4 Å². The molecule has 3 aromatic carbocycles. The lowest BCUT2D eigenvalue weighted by molar-refractivity contribution is 0.229. The molecule has 146 valence electrons. The van der Waals surface area contributed by atoms with E-state index in [-0.39, 0.29) is 5.75 Å². The van der Waals surface area contributed by atoms with Crippen LogP contribution in [0.1, 0.15) is 24.0 Å². The summed E-state index contributed by atoms with van der Waals surface area (Å²) in [7, 11) is 4.92. The van der Waals surface area contributed by atoms with Crippen molar-refractivity contribution in [3.63, 3.8) is 0 Å². The number of rotatable bonds is 3. The van der Waals surface area contributed by atoms with Crippen LogP contribution in [0.3, 0.4) is 0 Å². The number of phenolic OH excluding ortho intramolecular Hbond substituents is 1. The van der Waals surface area contributed by atoms with Gasteiger partial charge < -0.3 is 19.3 Å². The van der Waals surface area contributed by atoms with Gasteiger partial charge >= 0.3 is 0 Å². The molecule has 0 unspecified atom stereocenters. The van der Waals surface area contributed by atoms with Crippen molar-refractivity contribution in [1.82, 2.24) is 4.90 Å². The lowest BCUT2D eigenvalue weighted by Gasteiger charge is -2.33. The fraction of sp³-hybridized carbons (Fsp3) is 0.391. The van der Waals surface area contributed by atoms with Gasteiger partial charge in [-0.2, -0.15) is 0 Å². The standard InChI is InChI=1S/C23H25NO4/c1-26-21-9-18-15(8-20(21)25)17-11-23(28-3)22(27-2)10-16(17)14-7-13-5-4-6-24(13)12-19(14)18/h8-11,13,25H,4-7,12H2,1-3H3/t13-/m1/s1. The second kappa shape index (κ2) is 6.45. The summed E-state index contributed by atoms with van der Waals surface area (Å²) < 4.78 is 16.6. The number of methoxy groups -OCH3 is 3. The van der Waals surface area contributed by atoms with Crippen molar-refractivity contribution in [3.8, 4) is 23.0 Å². The van der Waals surface area contributed by atoms with Gasteiger partial charge in [-0.15, -0.1) is 0 Å². The molecule has 2 aliphatic heterocycles. The van der Waals surface area contributed by atoms with Crippen LogP contribution in [-0.2, 0) is 13.0 Å². The van der Waals surface area contributed by atoms with E-state index in [0.29, 0.717) is 17.5 Å². The number of hydrogen-bond acceptors (Lipinski definition) is 5. The molecule has 1 N–H and O–H groups in total. The molecule has 2 heterocycles. The molecule has 5 rings (SSSR count). The van der Waals surface area contributed by atoms with Crippen molar-refractivity contribution < 1.29 is 19.3 Å². The largest absolute Gasteiger partial charge is 0.504 e. The first-order chi connectivity index (χ1) is 13.6. The van der Waals surface area contributed by atoms with Gasteiger partial charge in [0, 0.05) is 12.6 Å². The Bertz CT molecular complexity index is 1090. The first kappa shape index (κ1) is 17.4. The number of hydrogen-bond donors (Lipinski definition) is 1. The molecule has 0 amide bonds. The van der Waals surface area contributed by atoms with Crippen LogP contribution >= 0.6 is 0 Å². The third-order valence-corrected chi connectivity index (χ3v) is 6.45. The Kier molecular flexibility index (Phi) is 4.02. The van der Waals surface area contributed by atoms with Crippen molar-refractivity contribution in [1.29, 1.82) is 0 Å². The Morgan fingerprint density at radius 3 is 2.14 bits per heavy atom. The van der Waals surface area contributed by atoms with Crippen LogP contribution in [-0.4, -0.2) is 43.9 Å². The predicted molar refractivity (Wildman–Crippen MR) is 110 cm³/mol. The summed E-state index contributed by atoms with van der Waals surface area (Å²) in [6.07, 6.45) is 3.56. The van der Waals surface area contributed by atoms with E-state index < -0.39 is 0 Å². The second-order valence-corrected chi connectivity index (χ2v) is 7.75. The van der Waals surface area contributed by atoms with Crippen LogP contribution in [0.25, 0.3) is 21.5 Å². The topological polar surface area (TPSA) is 51.2 Å². The molecule has 2 aliphatic rings. The second-order valence-electron chi connectivity index (χ2n) is 7.75. The van der Waals surface area contributed by atoms with E-state index >= 15 is 0 Å². The first-order valence-electron chi connectivity index (χ1n) is 9.78. The van der Waals surface area contributed by atoms with Gasteiger partial charge in [0.25, 0.3) is 0 Å². The van der Waals surface area contributed by atoms with Gasteiger partial charge in [-0.1, -0.05) is 0 Å². The Morgan fingerprint density at radius 2 is 1.43 bits per heavy atom. The summed E-state index contributed by atoms with van der Waals surface area (Å²) in [4.78, 5) is 2.59. The molecule has 0 aliphatic carbocycles. The van der Waals surface area contributed by atoms with Gasteiger partial charge in [0.2, 0.25) is 0 Å². The van der Waals surface area contributed by atoms with Crippen LogP contribution < -0.4 is 14.2 Å². The zero-order valence-corrected chi connectivity index (χ0v) is 16.5. The molecule has 0 radical (unpaired) electrons. The van der Waals surface area contributed by atoms with E-state index in [1.807, 2.05) is 18.2 Å². The average molecular weight is 379 g/mol. The highest BCUT2D eigenvalue weighted by atomic mass is 16.5. The average Bonchev–Trinajstić information content (AvgIpc) is 3.18. The Labute approximate surface area is 164 Å². The van der Waals surface area contributed by atoms with Crippen molar-refractivity contribution in [2.75, 3.05) is 27.9 Å². The summed E-state index contributed by atoms with van der Waals surface area (Å²) in [5.41, 5.74) is 2.73. The lowest BCUT2D eigenvalue weighted by Crippen LogP contribution is -2.35. The van der Waals surface area contributed by atoms with Crippen molar-refractivity contribution in [2.24, 2.45) is 0 Å². The fourth-order valence-electron chi connectivity index (χ4n) is 5.07. The molecular weight excluding hydrogens is 354 g/mol. The quantitative estimate of drug-likeness (QED) is 0.690. The van der Waals surface area contributed by atoms with Gasteiger partial charge in [0.05, 0.1) is 21.3 Å². The lowest BCUT2D eigenvalue weighted by atomic mass is 9.85. The zero-order chi connectivity index (χ0) is 19.4. The molecule has 5 nitrogen and oxygen atoms in total. The van der Waals surface area contributed by atoms with Crippen LogP contribution in [0.5, 0.6) is 23.0 Å². The number of benzene rings is 3. The van der Waals surface area contributed by atoms with Crippen molar-refractivity contribution in [2.45, 2.75) is 31.8 Å². The minimum atomic E-state index is 0.154. The molecule has 28 heavy (non-hydrogen) atoms. The third-order valence-electron chi connectivity index (χ3n) is 6.45. The fourth-order valence-corrected chi connectivity index (χ4v) is 5.07. The normalized spacial score (nSPS) is 18.9. The summed E-state index contributed by atoms with van der Waals surface area (Å²) in [6.45, 7) is 2.10. The maximum absolute atomic E-state index is 10.5. The summed E-state index contributed by atoms with van der Waals surface area (Å²) in [5, 5.41) is 14.9. The molecule has 1 atom stereocenters. The molecule has 0 spiro atoms. The molecule has 0 saturated carbocycles. The minimum absolute atomic E-state index is 0.154. The van der Waals surface area contributed by atoms with Crippen LogP contribution in [0.15, 0.2) is 24.3 Å². The summed E-state index contributed by atoms with van der Waals surface area (Å²) in [5.74, 6) is 2.10. The number of aromatic hydroxyl groups is 1. The highest BCUT2D eigenvalue weighted by Gasteiger charge is 2.32. The smallest absolute Gasteiger partial charge is 0.161 e. The Morgan fingerprint density at radius 1 is 0.821 bits per heavy atom. The van der Waals surface area contributed by atoms with Crippen LogP contribution in [0, 0.1) is 0 Å². The van der Waals surface area contributed by atoms with E-state index in [9.17, 15) is 5.11 Å². The van der Waals surface area contributed by atoms with E-state index in [1.165, 1.54) is 29.4 Å². The van der Waals surface area contributed by atoms with E-state index in [2.05, 4.69) is 11.0 Å². The van der Waals surface area contributed by atoms with E-state index in [4.69, 9.17) is 14.2 Å². The number of fused-ring (bicyclic) bond motifs is 7. The molecule has 5 heteroatoms. The zero-order valence-electron chi connectivity index (χ0n) is 16.5. The Balaban J connectivity index is 1.90. The van der Waals surface area contributed by atoms with Gasteiger partial charge in [-0.25, -0.2) is 0 Å². The van der Waals surface area contributed by atoms with Gasteiger partial charge in [-0.05, 0) is 82.7 Å². The predicted octanol–water partition coefficient (Wildman–Crippen LogP) is 4.24. The van der Waals surface area contributed by atoms with Crippen LogP contribution in [0.2, 0.25) is 0 Å². The summed E-state index contributed by atoms with van der Waals surface area (Å²) in [6, 6.07) is 8.54. The van der Waals surface area contributed by atoms with Crippen molar-refractivity contribution >= 4 is 21.5 Å². The molecule has 1 saturated heterocycles. The molecule has 1 fully saturated rings. The molecule has 0 bridgehead atoms. The third kappa shape index (κ3) is 2.42. The number of ether oxygens (including phenoxy) is 3. The van der Waals surface area contributed by atoms with Gasteiger partial charge in [0.15, 0.2) is 23.0 Å². The monoisotopic (exact) mass is 379 g/mol. The number of phenols is 1. The maximum atomic E-state index is 10.5. The molecule has 0 aromatic heterocycles. The van der Waals surface area contributed by atoms with Gasteiger partial charge in [0.1, 0.15) is 0 Å². The summed E-state index contributed by atoms with van der Waals surface area (Å²) >= 11 is 0. The number of nitrogens with zero attached hydrogens (tertiary/aromatic N) is 1. The maximum Gasteiger partial charge on any atom is 0.161 e. The van der Waals surface area contributed by atoms with E-state index in [1.54, 1.807) is 21.3 Å².